The van der Waals surface area contributed by atoms with Crippen LogP contribution in [0, 0.1) is 5.92 Å². The highest BCUT2D eigenvalue weighted by Crippen LogP contribution is 2.32. The predicted molar refractivity (Wildman–Crippen MR) is 108 cm³/mol. The van der Waals surface area contributed by atoms with Gasteiger partial charge in [-0.25, -0.2) is 4.68 Å². The van der Waals surface area contributed by atoms with Crippen LogP contribution in [0.1, 0.15) is 50.3 Å². The Morgan fingerprint density at radius 2 is 1.89 bits per heavy atom. The molecule has 0 radical (unpaired) electrons. The van der Waals surface area contributed by atoms with Crippen molar-refractivity contribution in [3.63, 3.8) is 0 Å². The van der Waals surface area contributed by atoms with E-state index in [1.165, 1.54) is 5.56 Å². The number of carbonyl (C=O) groups excluding carboxylic acids is 2. The van der Waals surface area contributed by atoms with Gasteiger partial charge >= 0.3 is 0 Å². The van der Waals surface area contributed by atoms with Crippen LogP contribution >= 0.6 is 0 Å². The van der Waals surface area contributed by atoms with Gasteiger partial charge < -0.3 is 10.2 Å². The number of amides is 2. The zero-order chi connectivity index (χ0) is 19.5. The molecule has 2 aliphatic rings. The number of hydrogen-bond acceptors (Lipinski definition) is 3. The number of nitrogens with one attached hydrogen (secondary N) is 1. The number of piperidine rings is 1. The van der Waals surface area contributed by atoms with Crippen LogP contribution in [0.15, 0.2) is 30.3 Å². The second-order valence-corrected chi connectivity index (χ2v) is 7.77. The molecule has 0 unspecified atom stereocenters. The standard InChI is InChI=1S/C22H28N4O2/c1-2-7-20(27)25-14-12-16(13-15-25)22(28)23-21-18-10-6-11-19(18)24-26(21)17-8-4-3-5-9-17/h3-5,8-9,16H,2,6-7,10-15H2,1H3,(H,23,28). The minimum absolute atomic E-state index is 0.0503. The molecule has 2 aromatic rings. The first-order valence-electron chi connectivity index (χ1n) is 10.4. The first kappa shape index (κ1) is 18.7. The van der Waals surface area contributed by atoms with Crippen molar-refractivity contribution in [3.05, 3.63) is 41.6 Å². The van der Waals surface area contributed by atoms with Gasteiger partial charge in [0.2, 0.25) is 11.8 Å². The Morgan fingerprint density at radius 1 is 1.14 bits per heavy atom. The fraction of sp³-hybridized carbons (Fsp3) is 0.500. The van der Waals surface area contributed by atoms with Crippen molar-refractivity contribution in [3.8, 4) is 5.69 Å². The van der Waals surface area contributed by atoms with Gasteiger partial charge in [-0.3, -0.25) is 9.59 Å². The molecule has 1 aliphatic heterocycles. The molecular weight excluding hydrogens is 352 g/mol. The zero-order valence-electron chi connectivity index (χ0n) is 16.5. The number of rotatable bonds is 5. The first-order valence-corrected chi connectivity index (χ1v) is 10.4. The van der Waals surface area contributed by atoms with E-state index in [0.29, 0.717) is 19.5 Å². The van der Waals surface area contributed by atoms with E-state index in [1.807, 2.05) is 46.8 Å². The third-order valence-corrected chi connectivity index (χ3v) is 5.83. The van der Waals surface area contributed by atoms with Crippen molar-refractivity contribution in [1.29, 1.82) is 0 Å². The smallest absolute Gasteiger partial charge is 0.228 e. The lowest BCUT2D eigenvalue weighted by Crippen LogP contribution is -2.41. The summed E-state index contributed by atoms with van der Waals surface area (Å²) in [6, 6.07) is 9.96. The van der Waals surface area contributed by atoms with E-state index in [4.69, 9.17) is 5.10 Å². The molecule has 2 heterocycles. The number of hydrogen-bond donors (Lipinski definition) is 1. The number of benzene rings is 1. The monoisotopic (exact) mass is 380 g/mol. The van der Waals surface area contributed by atoms with E-state index < -0.39 is 0 Å². The van der Waals surface area contributed by atoms with Gasteiger partial charge in [-0.05, 0) is 50.7 Å². The normalized spacial score (nSPS) is 16.8. The number of aromatic nitrogens is 2. The lowest BCUT2D eigenvalue weighted by atomic mass is 9.95. The fourth-order valence-corrected chi connectivity index (χ4v) is 4.26. The molecule has 1 saturated heterocycles. The maximum atomic E-state index is 13.0. The fourth-order valence-electron chi connectivity index (χ4n) is 4.26. The average Bonchev–Trinajstić information content (AvgIpc) is 3.31. The number of likely N-dealkylation sites (tertiary alicyclic amines) is 1. The zero-order valence-corrected chi connectivity index (χ0v) is 16.5. The molecule has 148 valence electrons. The van der Waals surface area contributed by atoms with Crippen LogP contribution in [0.5, 0.6) is 0 Å². The summed E-state index contributed by atoms with van der Waals surface area (Å²) in [5, 5.41) is 7.95. The van der Waals surface area contributed by atoms with E-state index in [2.05, 4.69) is 5.32 Å². The average molecular weight is 380 g/mol. The molecule has 0 spiro atoms. The summed E-state index contributed by atoms with van der Waals surface area (Å²) in [4.78, 5) is 27.0. The van der Waals surface area contributed by atoms with E-state index in [-0.39, 0.29) is 17.7 Å². The van der Waals surface area contributed by atoms with Gasteiger partial charge in [-0.2, -0.15) is 5.10 Å². The molecule has 2 amide bonds. The van der Waals surface area contributed by atoms with Crippen molar-refractivity contribution < 1.29 is 9.59 Å². The van der Waals surface area contributed by atoms with Gasteiger partial charge in [-0.1, -0.05) is 25.1 Å². The first-order chi connectivity index (χ1) is 13.7. The largest absolute Gasteiger partial charge is 0.343 e. The number of para-hydroxylation sites is 1. The molecule has 0 saturated carbocycles. The Balaban J connectivity index is 1.48. The van der Waals surface area contributed by atoms with E-state index in [0.717, 1.165) is 55.7 Å². The van der Waals surface area contributed by atoms with Gasteiger partial charge in [0.25, 0.3) is 0 Å². The second-order valence-electron chi connectivity index (χ2n) is 7.77. The van der Waals surface area contributed by atoms with Crippen LogP contribution < -0.4 is 5.32 Å². The molecule has 0 bridgehead atoms. The number of nitrogens with zero attached hydrogens (tertiary/aromatic N) is 3. The van der Waals surface area contributed by atoms with Crippen LogP contribution in [0.4, 0.5) is 5.82 Å². The molecule has 1 N–H and O–H groups in total. The highest BCUT2D eigenvalue weighted by Gasteiger charge is 2.30. The summed E-state index contributed by atoms with van der Waals surface area (Å²) in [6.45, 7) is 3.37. The van der Waals surface area contributed by atoms with Gasteiger partial charge in [-0.15, -0.1) is 0 Å². The van der Waals surface area contributed by atoms with Crippen LogP contribution in [-0.4, -0.2) is 39.6 Å². The van der Waals surface area contributed by atoms with Crippen molar-refractivity contribution in [2.75, 3.05) is 18.4 Å². The van der Waals surface area contributed by atoms with Crippen LogP contribution in [0.2, 0.25) is 0 Å². The third-order valence-electron chi connectivity index (χ3n) is 5.83. The third kappa shape index (κ3) is 3.68. The van der Waals surface area contributed by atoms with E-state index in [1.54, 1.807) is 0 Å². The molecule has 1 aromatic heterocycles. The Hall–Kier alpha value is -2.63. The van der Waals surface area contributed by atoms with Gasteiger partial charge in [0, 0.05) is 31.0 Å². The van der Waals surface area contributed by atoms with Crippen LogP contribution in [-0.2, 0) is 22.4 Å². The Bertz CT molecular complexity index is 851. The number of carbonyl (C=O) groups is 2. The quantitative estimate of drug-likeness (QED) is 0.865. The maximum absolute atomic E-state index is 13.0. The topological polar surface area (TPSA) is 67.2 Å². The summed E-state index contributed by atoms with van der Waals surface area (Å²) < 4.78 is 1.88. The Kier molecular flexibility index (Phi) is 5.46. The van der Waals surface area contributed by atoms with Gasteiger partial charge in [0.05, 0.1) is 11.4 Å². The number of anilines is 1. The van der Waals surface area contributed by atoms with Gasteiger partial charge in [0.1, 0.15) is 5.82 Å². The van der Waals surface area contributed by atoms with Crippen molar-refractivity contribution >= 4 is 17.6 Å². The lowest BCUT2D eigenvalue weighted by molar-refractivity contribution is -0.134. The summed E-state index contributed by atoms with van der Waals surface area (Å²) in [7, 11) is 0. The summed E-state index contributed by atoms with van der Waals surface area (Å²) in [5.41, 5.74) is 3.24. The SMILES string of the molecule is CCCC(=O)N1CCC(C(=O)Nc2c3c(nn2-c2ccccc2)CCC3)CC1. The van der Waals surface area contributed by atoms with Crippen molar-refractivity contribution in [1.82, 2.24) is 14.7 Å². The minimum atomic E-state index is -0.0538. The van der Waals surface area contributed by atoms with Crippen molar-refractivity contribution in [2.45, 2.75) is 51.9 Å². The number of aryl methyl sites for hydroxylation is 1. The highest BCUT2D eigenvalue weighted by molar-refractivity contribution is 5.93. The lowest BCUT2D eigenvalue weighted by Gasteiger charge is -2.31. The summed E-state index contributed by atoms with van der Waals surface area (Å²) >= 11 is 0. The maximum Gasteiger partial charge on any atom is 0.228 e. The van der Waals surface area contributed by atoms with E-state index in [9.17, 15) is 9.59 Å². The van der Waals surface area contributed by atoms with Gasteiger partial charge in [0.15, 0.2) is 0 Å². The highest BCUT2D eigenvalue weighted by atomic mass is 16.2. The molecular formula is C22H28N4O2. The molecule has 6 heteroatoms. The van der Waals surface area contributed by atoms with E-state index >= 15 is 0 Å². The molecule has 6 nitrogen and oxygen atoms in total. The Morgan fingerprint density at radius 3 is 2.61 bits per heavy atom. The molecule has 0 atom stereocenters. The van der Waals surface area contributed by atoms with Crippen LogP contribution in [0.3, 0.4) is 0 Å². The summed E-state index contributed by atoms with van der Waals surface area (Å²) in [6.07, 6.45) is 5.94. The van der Waals surface area contributed by atoms with Crippen LogP contribution in [0.25, 0.3) is 5.69 Å². The molecule has 1 aliphatic carbocycles. The predicted octanol–water partition coefficient (Wildman–Crippen LogP) is 3.34. The molecule has 4 rings (SSSR count). The second kappa shape index (κ2) is 8.17. The summed E-state index contributed by atoms with van der Waals surface area (Å²) in [5.74, 6) is 1.03. The molecule has 1 fully saturated rings. The molecule has 1 aromatic carbocycles. The number of fused-ring (bicyclic) bond motifs is 1. The molecule has 28 heavy (non-hydrogen) atoms. The minimum Gasteiger partial charge on any atom is -0.343 e. The Labute approximate surface area is 165 Å². The van der Waals surface area contributed by atoms with Crippen molar-refractivity contribution in [2.24, 2.45) is 5.92 Å².